The summed E-state index contributed by atoms with van der Waals surface area (Å²) < 4.78 is 1.73. The van der Waals surface area contributed by atoms with Crippen molar-refractivity contribution in [1.29, 1.82) is 0 Å². The topological polar surface area (TPSA) is 66.9 Å². The molecule has 1 aromatic heterocycles. The van der Waals surface area contributed by atoms with Crippen LogP contribution in [0.1, 0.15) is 6.92 Å². The van der Waals surface area contributed by atoms with Gasteiger partial charge in [-0.25, -0.2) is 0 Å². The second-order valence-corrected chi connectivity index (χ2v) is 7.78. The number of halogens is 1. The maximum Gasteiger partial charge on any atom is 0.237 e. The Bertz CT molecular complexity index is 645. The van der Waals surface area contributed by atoms with Gasteiger partial charge in [0.25, 0.3) is 0 Å². The molecule has 0 aliphatic carbocycles. The molecule has 2 rings (SSSR count). The molecule has 8 heteroatoms. The number of thioether (sulfide) groups is 1. The standard InChI is InChI=1S/C14H15BrN4OS2/c1-3-8-16-13-18-19-14(22-13)21-9(2)12(20)17-11-6-4-10(15)5-7-11/h3-7,9H,1,8H2,2H3,(H,16,18)(H,17,20)/t9-/m1/s1. The smallest absolute Gasteiger partial charge is 0.237 e. The van der Waals surface area contributed by atoms with Gasteiger partial charge in [0.15, 0.2) is 4.34 Å². The normalized spacial score (nSPS) is 11.7. The van der Waals surface area contributed by atoms with Crippen molar-refractivity contribution in [1.82, 2.24) is 10.2 Å². The fourth-order valence-corrected chi connectivity index (χ4v) is 3.64. The third-order valence-electron chi connectivity index (χ3n) is 2.56. The predicted octanol–water partition coefficient (Wildman–Crippen LogP) is 4.02. The van der Waals surface area contributed by atoms with Gasteiger partial charge in [0.05, 0.1) is 5.25 Å². The summed E-state index contributed by atoms with van der Waals surface area (Å²) in [6, 6.07) is 7.47. The first kappa shape index (κ1) is 17.0. The molecule has 0 radical (unpaired) electrons. The molecule has 116 valence electrons. The van der Waals surface area contributed by atoms with E-state index in [-0.39, 0.29) is 11.2 Å². The van der Waals surface area contributed by atoms with Crippen LogP contribution in [0.5, 0.6) is 0 Å². The average molecular weight is 399 g/mol. The number of rotatable bonds is 7. The van der Waals surface area contributed by atoms with Crippen molar-refractivity contribution in [2.45, 2.75) is 16.5 Å². The molecule has 1 amide bonds. The molecule has 0 saturated heterocycles. The summed E-state index contributed by atoms with van der Waals surface area (Å²) in [6.07, 6.45) is 1.75. The van der Waals surface area contributed by atoms with Crippen LogP contribution >= 0.6 is 39.0 Å². The van der Waals surface area contributed by atoms with Crippen molar-refractivity contribution in [3.63, 3.8) is 0 Å². The molecule has 0 unspecified atom stereocenters. The number of aromatic nitrogens is 2. The number of hydrogen-bond acceptors (Lipinski definition) is 6. The van der Waals surface area contributed by atoms with Crippen molar-refractivity contribution in [3.8, 4) is 0 Å². The van der Waals surface area contributed by atoms with E-state index in [4.69, 9.17) is 0 Å². The average Bonchev–Trinajstić information content (AvgIpc) is 2.95. The lowest BCUT2D eigenvalue weighted by atomic mass is 10.3. The molecule has 0 spiro atoms. The quantitative estimate of drug-likeness (QED) is 0.544. The largest absolute Gasteiger partial charge is 0.357 e. The minimum absolute atomic E-state index is 0.0666. The molecule has 0 aliphatic heterocycles. The Morgan fingerprint density at radius 2 is 2.18 bits per heavy atom. The van der Waals surface area contributed by atoms with Crippen molar-refractivity contribution in [2.24, 2.45) is 0 Å². The highest BCUT2D eigenvalue weighted by Gasteiger charge is 2.17. The number of carbonyl (C=O) groups excluding carboxylic acids is 1. The first-order valence-corrected chi connectivity index (χ1v) is 8.98. The molecule has 1 aromatic carbocycles. The lowest BCUT2D eigenvalue weighted by molar-refractivity contribution is -0.115. The summed E-state index contributed by atoms with van der Waals surface area (Å²) in [5, 5.41) is 14.5. The Morgan fingerprint density at radius 1 is 1.45 bits per heavy atom. The molecule has 0 bridgehead atoms. The minimum Gasteiger partial charge on any atom is -0.357 e. The van der Waals surface area contributed by atoms with Gasteiger partial charge in [-0.2, -0.15) is 0 Å². The Hall–Kier alpha value is -1.38. The number of amides is 1. The van der Waals surface area contributed by atoms with E-state index in [0.29, 0.717) is 6.54 Å². The highest BCUT2D eigenvalue weighted by atomic mass is 79.9. The monoisotopic (exact) mass is 398 g/mol. The Labute approximate surface area is 145 Å². The van der Waals surface area contributed by atoms with Crippen molar-refractivity contribution in [2.75, 3.05) is 17.2 Å². The number of benzene rings is 1. The maximum absolute atomic E-state index is 12.2. The van der Waals surface area contributed by atoms with Gasteiger partial charge >= 0.3 is 0 Å². The van der Waals surface area contributed by atoms with E-state index in [1.54, 1.807) is 6.08 Å². The first-order chi connectivity index (χ1) is 10.6. The van der Waals surface area contributed by atoms with Crippen molar-refractivity contribution >= 4 is 55.8 Å². The highest BCUT2D eigenvalue weighted by Crippen LogP contribution is 2.29. The van der Waals surface area contributed by atoms with Gasteiger partial charge in [-0.3, -0.25) is 4.79 Å². The molecule has 1 atom stereocenters. The van der Waals surface area contributed by atoms with Crippen LogP contribution in [0.15, 0.2) is 45.7 Å². The lowest BCUT2D eigenvalue weighted by Crippen LogP contribution is -2.22. The molecule has 5 nitrogen and oxygen atoms in total. The number of anilines is 2. The molecular formula is C14H15BrN4OS2. The van der Waals surface area contributed by atoms with E-state index < -0.39 is 0 Å². The Morgan fingerprint density at radius 3 is 2.86 bits per heavy atom. The summed E-state index contributed by atoms with van der Waals surface area (Å²) in [6.45, 7) is 6.11. The zero-order valence-electron chi connectivity index (χ0n) is 11.9. The summed E-state index contributed by atoms with van der Waals surface area (Å²) in [4.78, 5) is 12.2. The molecule has 2 aromatic rings. The van der Waals surface area contributed by atoms with Crippen LogP contribution in [0, 0.1) is 0 Å². The van der Waals surface area contributed by atoms with Gasteiger partial charge < -0.3 is 10.6 Å². The van der Waals surface area contributed by atoms with E-state index in [9.17, 15) is 4.79 Å². The minimum atomic E-state index is -0.260. The molecule has 0 aliphatic rings. The Kier molecular flexibility index (Phi) is 6.41. The zero-order valence-corrected chi connectivity index (χ0v) is 15.1. The molecule has 2 N–H and O–H groups in total. The zero-order chi connectivity index (χ0) is 15.9. The van der Waals surface area contributed by atoms with Gasteiger partial charge in [-0.05, 0) is 31.2 Å². The number of hydrogen-bond donors (Lipinski definition) is 2. The van der Waals surface area contributed by atoms with Gasteiger partial charge in [-0.1, -0.05) is 45.1 Å². The van der Waals surface area contributed by atoms with E-state index in [2.05, 4.69) is 43.3 Å². The van der Waals surface area contributed by atoms with E-state index in [1.807, 2.05) is 31.2 Å². The van der Waals surface area contributed by atoms with Crippen molar-refractivity contribution < 1.29 is 4.79 Å². The summed E-state index contributed by atoms with van der Waals surface area (Å²) >= 11 is 6.17. The maximum atomic E-state index is 12.2. The fraction of sp³-hybridized carbons (Fsp3) is 0.214. The first-order valence-electron chi connectivity index (χ1n) is 6.50. The van der Waals surface area contributed by atoms with Crippen molar-refractivity contribution in [3.05, 3.63) is 41.4 Å². The van der Waals surface area contributed by atoms with Gasteiger partial charge in [0.2, 0.25) is 11.0 Å². The summed E-state index contributed by atoms with van der Waals surface area (Å²) in [5.41, 5.74) is 0.770. The second-order valence-electron chi connectivity index (χ2n) is 4.30. The highest BCUT2D eigenvalue weighted by molar-refractivity contribution is 9.10. The van der Waals surface area contributed by atoms with E-state index in [0.717, 1.165) is 19.6 Å². The molecule has 0 fully saturated rings. The third kappa shape index (κ3) is 5.11. The predicted molar refractivity (Wildman–Crippen MR) is 96.7 cm³/mol. The summed E-state index contributed by atoms with van der Waals surface area (Å²) in [5.74, 6) is -0.0666. The number of carbonyl (C=O) groups is 1. The lowest BCUT2D eigenvalue weighted by Gasteiger charge is -2.10. The van der Waals surface area contributed by atoms with Crippen LogP contribution < -0.4 is 10.6 Å². The second kappa shape index (κ2) is 8.30. The third-order valence-corrected chi connectivity index (χ3v) is 5.16. The van der Waals surface area contributed by atoms with E-state index >= 15 is 0 Å². The van der Waals surface area contributed by atoms with Crippen LogP contribution in [0.3, 0.4) is 0 Å². The van der Waals surface area contributed by atoms with Crippen LogP contribution in [0.2, 0.25) is 0 Å². The van der Waals surface area contributed by atoms with Crippen LogP contribution in [-0.4, -0.2) is 27.9 Å². The van der Waals surface area contributed by atoms with Gasteiger partial charge in [-0.15, -0.1) is 16.8 Å². The molecule has 0 saturated carbocycles. The van der Waals surface area contributed by atoms with Crippen LogP contribution in [0.25, 0.3) is 0 Å². The molecular weight excluding hydrogens is 384 g/mol. The molecule has 22 heavy (non-hydrogen) atoms. The number of nitrogens with zero attached hydrogens (tertiary/aromatic N) is 2. The van der Waals surface area contributed by atoms with Gasteiger partial charge in [0, 0.05) is 16.7 Å². The van der Waals surface area contributed by atoms with Gasteiger partial charge in [0.1, 0.15) is 0 Å². The fourth-order valence-electron chi connectivity index (χ4n) is 1.47. The van der Waals surface area contributed by atoms with E-state index in [1.165, 1.54) is 23.1 Å². The summed E-state index contributed by atoms with van der Waals surface area (Å²) in [7, 11) is 0. The van der Waals surface area contributed by atoms with Crippen LogP contribution in [0.4, 0.5) is 10.8 Å². The number of nitrogens with one attached hydrogen (secondary N) is 2. The SMILES string of the molecule is C=CCNc1nnc(S[C@H](C)C(=O)Nc2ccc(Br)cc2)s1. The Balaban J connectivity index is 1.89. The molecule has 1 heterocycles. The van der Waals surface area contributed by atoms with Crippen LogP contribution in [-0.2, 0) is 4.79 Å².